The van der Waals surface area contributed by atoms with Gasteiger partial charge >= 0.3 is 12.1 Å². The lowest BCUT2D eigenvalue weighted by Gasteiger charge is -2.28. The molecule has 1 heterocycles. The molecule has 0 aromatic heterocycles. The third-order valence-electron chi connectivity index (χ3n) is 7.14. The molecule has 0 bridgehead atoms. The molecule has 0 saturated carbocycles. The Balaban J connectivity index is 1.88. The fraction of sp³-hybridized carbons (Fsp3) is 0.500. The van der Waals surface area contributed by atoms with Crippen LogP contribution in [0.5, 0.6) is 0 Å². The molecule has 3 rings (SSSR count). The summed E-state index contributed by atoms with van der Waals surface area (Å²) in [4.78, 5) is 59.7. The number of hydrogen-bond acceptors (Lipinski definition) is 9. The molecule has 5 N–H and O–H groups in total. The van der Waals surface area contributed by atoms with Gasteiger partial charge in [-0.15, -0.1) is 0 Å². The van der Waals surface area contributed by atoms with Crippen molar-refractivity contribution in [1.29, 1.82) is 0 Å². The van der Waals surface area contributed by atoms with Crippen LogP contribution in [0.25, 0.3) is 10.8 Å². The molecule has 0 spiro atoms. The SMILES string of the molecule is CCC(C)C[C@H](O)CC(=O)ONC(=O)[C@@H](CC1=CN(C(=O)[C@H](C)N)CN1c1cccc2ccccc12)NC(=O)OC(C)(C)C. The number of nitrogens with zero attached hydrogens (tertiary/aromatic N) is 2. The summed E-state index contributed by atoms with van der Waals surface area (Å²) in [6.07, 6.45) is 0.690. The number of hydroxylamine groups is 1. The smallest absolute Gasteiger partial charge is 0.408 e. The van der Waals surface area contributed by atoms with E-state index in [2.05, 4.69) is 10.8 Å². The Morgan fingerprint density at radius 2 is 1.75 bits per heavy atom. The first-order chi connectivity index (χ1) is 20.7. The topological polar surface area (TPSA) is 164 Å². The average molecular weight is 612 g/mol. The van der Waals surface area contributed by atoms with Crippen LogP contribution in [-0.4, -0.2) is 64.3 Å². The number of rotatable bonds is 11. The zero-order valence-electron chi connectivity index (χ0n) is 26.3. The second kappa shape index (κ2) is 15.0. The van der Waals surface area contributed by atoms with Gasteiger partial charge in [-0.05, 0) is 51.5 Å². The minimum absolute atomic E-state index is 0.0920. The number of nitrogens with one attached hydrogen (secondary N) is 2. The van der Waals surface area contributed by atoms with E-state index in [9.17, 15) is 24.3 Å². The number of nitrogens with two attached hydrogens (primary N) is 1. The first kappa shape index (κ1) is 34.3. The van der Waals surface area contributed by atoms with E-state index in [4.69, 9.17) is 15.3 Å². The van der Waals surface area contributed by atoms with E-state index < -0.39 is 41.8 Å². The predicted octanol–water partition coefficient (Wildman–Crippen LogP) is 3.68. The van der Waals surface area contributed by atoms with Gasteiger partial charge in [-0.2, -0.15) is 5.48 Å². The Kier molecular flexibility index (Phi) is 11.7. The number of amides is 3. The van der Waals surface area contributed by atoms with Gasteiger partial charge in [-0.1, -0.05) is 56.7 Å². The molecule has 0 aliphatic carbocycles. The van der Waals surface area contributed by atoms with E-state index in [1.54, 1.807) is 33.9 Å². The standard InChI is InChI=1S/C32H45N5O7/c1-7-20(2)15-24(38)17-28(39)44-35-29(40)26(34-31(42)43-32(4,5)6)16-23-18-36(30(41)21(3)33)19-37(23)27-14-10-12-22-11-8-9-13-25(22)27/h8-14,18,20-21,24,26,38H,7,15-17,19,33H2,1-6H3,(H,34,42)(H,35,40)/t20?,21-,24-,26+/m0/s1. The largest absolute Gasteiger partial charge is 0.444 e. The van der Waals surface area contributed by atoms with Crippen LogP contribution in [0.1, 0.15) is 67.2 Å². The van der Waals surface area contributed by atoms with Gasteiger partial charge in [0.15, 0.2) is 0 Å². The van der Waals surface area contributed by atoms with E-state index in [0.717, 1.165) is 22.9 Å². The highest BCUT2D eigenvalue weighted by Crippen LogP contribution is 2.34. The molecule has 1 aliphatic heterocycles. The van der Waals surface area contributed by atoms with E-state index in [-0.39, 0.29) is 31.3 Å². The summed E-state index contributed by atoms with van der Waals surface area (Å²) >= 11 is 0. The van der Waals surface area contributed by atoms with Crippen molar-refractivity contribution in [3.05, 3.63) is 54.4 Å². The highest BCUT2D eigenvalue weighted by Gasteiger charge is 2.33. The maximum Gasteiger partial charge on any atom is 0.408 e. The van der Waals surface area contributed by atoms with Crippen molar-refractivity contribution in [2.24, 2.45) is 11.7 Å². The Bertz CT molecular complexity index is 1370. The second-order valence-electron chi connectivity index (χ2n) is 12.2. The van der Waals surface area contributed by atoms with Crippen LogP contribution < -0.4 is 21.4 Å². The number of fused-ring (bicyclic) bond motifs is 1. The Labute approximate surface area is 258 Å². The number of aliphatic hydroxyl groups excluding tert-OH is 1. The zero-order chi connectivity index (χ0) is 32.6. The number of hydrogen-bond donors (Lipinski definition) is 4. The van der Waals surface area contributed by atoms with Gasteiger partial charge in [-0.3, -0.25) is 14.5 Å². The van der Waals surface area contributed by atoms with Crippen molar-refractivity contribution in [2.75, 3.05) is 11.6 Å². The Morgan fingerprint density at radius 3 is 2.41 bits per heavy atom. The van der Waals surface area contributed by atoms with E-state index in [0.29, 0.717) is 12.1 Å². The number of anilines is 1. The van der Waals surface area contributed by atoms with Crippen LogP contribution in [0, 0.1) is 5.92 Å². The Hall–Kier alpha value is -4.16. The lowest BCUT2D eigenvalue weighted by Crippen LogP contribution is -2.49. The summed E-state index contributed by atoms with van der Waals surface area (Å²) < 4.78 is 5.38. The van der Waals surface area contributed by atoms with E-state index in [1.165, 1.54) is 4.90 Å². The van der Waals surface area contributed by atoms with Crippen molar-refractivity contribution in [3.8, 4) is 0 Å². The van der Waals surface area contributed by atoms with Gasteiger partial charge in [0, 0.05) is 23.7 Å². The average Bonchev–Trinajstić information content (AvgIpc) is 3.36. The van der Waals surface area contributed by atoms with Crippen LogP contribution in [0.2, 0.25) is 0 Å². The Morgan fingerprint density at radius 1 is 1.07 bits per heavy atom. The summed E-state index contributed by atoms with van der Waals surface area (Å²) in [6, 6.07) is 11.5. The quantitative estimate of drug-likeness (QED) is 0.278. The minimum atomic E-state index is -1.27. The molecule has 1 unspecified atom stereocenters. The van der Waals surface area contributed by atoms with E-state index in [1.807, 2.05) is 61.2 Å². The van der Waals surface area contributed by atoms with Crippen LogP contribution in [0.15, 0.2) is 54.4 Å². The van der Waals surface area contributed by atoms with Gasteiger partial charge in [0.2, 0.25) is 5.91 Å². The number of carbonyl (C=O) groups is 4. The normalized spacial score (nSPS) is 16.0. The summed E-state index contributed by atoms with van der Waals surface area (Å²) in [6.45, 7) is 10.7. The molecular weight excluding hydrogens is 566 g/mol. The summed E-state index contributed by atoms with van der Waals surface area (Å²) in [7, 11) is 0. The maximum atomic E-state index is 13.4. The molecule has 12 heteroatoms. The molecule has 2 aromatic rings. The second-order valence-corrected chi connectivity index (χ2v) is 12.2. The summed E-state index contributed by atoms with van der Waals surface area (Å²) in [5.41, 5.74) is 8.49. The molecule has 0 saturated heterocycles. The van der Waals surface area contributed by atoms with Crippen LogP contribution in [0.3, 0.4) is 0 Å². The molecule has 4 atom stereocenters. The van der Waals surface area contributed by atoms with Gasteiger partial charge in [0.05, 0.1) is 24.3 Å². The molecule has 0 radical (unpaired) electrons. The summed E-state index contributed by atoms with van der Waals surface area (Å²) in [5.74, 6) is -1.75. The lowest BCUT2D eigenvalue weighted by molar-refractivity contribution is -0.160. The highest BCUT2D eigenvalue weighted by atomic mass is 16.7. The molecule has 2 aromatic carbocycles. The van der Waals surface area contributed by atoms with Crippen molar-refractivity contribution in [3.63, 3.8) is 0 Å². The van der Waals surface area contributed by atoms with E-state index >= 15 is 0 Å². The maximum absolute atomic E-state index is 13.4. The number of alkyl carbamates (subject to hydrolysis) is 1. The van der Waals surface area contributed by atoms with Gasteiger partial charge < -0.3 is 30.6 Å². The minimum Gasteiger partial charge on any atom is -0.444 e. The number of ether oxygens (including phenoxy) is 1. The van der Waals surface area contributed by atoms with Crippen molar-refractivity contribution in [1.82, 2.24) is 15.7 Å². The monoisotopic (exact) mass is 611 g/mol. The molecule has 3 amide bonds. The molecule has 240 valence electrons. The van der Waals surface area contributed by atoms with Crippen LogP contribution in [-0.2, 0) is 24.0 Å². The number of carbonyl (C=O) groups excluding carboxylic acids is 4. The fourth-order valence-electron chi connectivity index (χ4n) is 4.76. The van der Waals surface area contributed by atoms with Crippen molar-refractivity contribution in [2.45, 2.75) is 91.0 Å². The summed E-state index contributed by atoms with van der Waals surface area (Å²) in [5, 5.41) is 14.7. The van der Waals surface area contributed by atoms with Crippen molar-refractivity contribution < 1.29 is 33.9 Å². The number of benzene rings is 2. The molecule has 44 heavy (non-hydrogen) atoms. The third kappa shape index (κ3) is 9.68. The first-order valence-corrected chi connectivity index (χ1v) is 14.9. The van der Waals surface area contributed by atoms with Gasteiger partial charge in [0.25, 0.3) is 5.91 Å². The molecule has 0 fully saturated rings. The molecular formula is C32H45N5O7. The van der Waals surface area contributed by atoms with Crippen LogP contribution in [0.4, 0.5) is 10.5 Å². The highest BCUT2D eigenvalue weighted by molar-refractivity contribution is 5.96. The van der Waals surface area contributed by atoms with Crippen LogP contribution >= 0.6 is 0 Å². The molecule has 12 nitrogen and oxygen atoms in total. The molecule has 1 aliphatic rings. The predicted molar refractivity (Wildman–Crippen MR) is 167 cm³/mol. The zero-order valence-corrected chi connectivity index (χ0v) is 26.3. The van der Waals surface area contributed by atoms with Gasteiger partial charge in [0.1, 0.15) is 18.3 Å². The number of aliphatic hydroxyl groups is 1. The van der Waals surface area contributed by atoms with Gasteiger partial charge in [-0.25, -0.2) is 9.59 Å². The third-order valence-corrected chi connectivity index (χ3v) is 7.14. The van der Waals surface area contributed by atoms with Crippen molar-refractivity contribution >= 4 is 40.3 Å². The first-order valence-electron chi connectivity index (χ1n) is 14.9. The lowest BCUT2D eigenvalue weighted by atomic mass is 9.99. The fourth-order valence-corrected chi connectivity index (χ4v) is 4.76.